The molecule has 0 spiro atoms. The summed E-state index contributed by atoms with van der Waals surface area (Å²) in [5.74, 6) is 6.13. The van der Waals surface area contributed by atoms with Gasteiger partial charge in [-0.2, -0.15) is 0 Å². The number of halogens is 3. The largest absolute Gasteiger partial charge is 0.478 e. The number of hydrogen-bond donors (Lipinski definition) is 0. The molecule has 0 heterocycles. The van der Waals surface area contributed by atoms with Crippen molar-refractivity contribution in [2.24, 2.45) is 0 Å². The van der Waals surface area contributed by atoms with Crippen molar-refractivity contribution in [3.05, 3.63) is 28.2 Å². The maximum atomic E-state index is 5.86. The van der Waals surface area contributed by atoms with Crippen LogP contribution in [0.25, 0.3) is 0 Å². The Hall–Kier alpha value is -0.550. The molecular formula is C10H7Cl3O. The summed E-state index contributed by atoms with van der Waals surface area (Å²) >= 11 is 17.1. The van der Waals surface area contributed by atoms with Crippen LogP contribution in [0, 0.1) is 11.8 Å². The molecule has 4 heteroatoms. The zero-order valence-electron chi connectivity index (χ0n) is 7.19. The molecule has 0 amide bonds. The Morgan fingerprint density at radius 3 is 2.36 bits per heavy atom. The summed E-state index contributed by atoms with van der Waals surface area (Å²) in [6, 6.07) is 5.16. The first kappa shape index (κ1) is 11.5. The van der Waals surface area contributed by atoms with Gasteiger partial charge in [-0.25, -0.2) is 0 Å². The lowest BCUT2D eigenvalue weighted by Crippen LogP contribution is -1.95. The Morgan fingerprint density at radius 1 is 1.14 bits per heavy atom. The first-order chi connectivity index (χ1) is 6.75. The topological polar surface area (TPSA) is 9.23 Å². The molecule has 0 radical (unpaired) electrons. The van der Waals surface area contributed by atoms with Crippen molar-refractivity contribution in [2.45, 2.75) is 0 Å². The summed E-state index contributed by atoms with van der Waals surface area (Å²) in [5, 5.41) is 0.954. The van der Waals surface area contributed by atoms with Crippen molar-refractivity contribution in [3.8, 4) is 17.6 Å². The van der Waals surface area contributed by atoms with Crippen LogP contribution >= 0.6 is 34.8 Å². The first-order valence-electron chi connectivity index (χ1n) is 3.84. The van der Waals surface area contributed by atoms with Gasteiger partial charge in [0.1, 0.15) is 6.61 Å². The Morgan fingerprint density at radius 2 is 1.79 bits per heavy atom. The Kier molecular flexibility index (Phi) is 4.97. The minimum atomic E-state index is 0.232. The smallest absolute Gasteiger partial charge is 0.157 e. The van der Waals surface area contributed by atoms with Crippen molar-refractivity contribution >= 4 is 34.8 Å². The predicted molar refractivity (Wildman–Crippen MR) is 60.5 cm³/mol. The summed E-state index contributed by atoms with van der Waals surface area (Å²) < 4.78 is 5.27. The fraction of sp³-hybridized carbons (Fsp3) is 0.200. The van der Waals surface area contributed by atoms with E-state index in [0.717, 1.165) is 0 Å². The molecule has 0 N–H and O–H groups in total. The fourth-order valence-corrected chi connectivity index (χ4v) is 1.43. The van der Waals surface area contributed by atoms with Gasteiger partial charge in [0.25, 0.3) is 0 Å². The van der Waals surface area contributed by atoms with Crippen LogP contribution in [-0.2, 0) is 0 Å². The van der Waals surface area contributed by atoms with E-state index in [-0.39, 0.29) is 6.61 Å². The zero-order chi connectivity index (χ0) is 10.4. The van der Waals surface area contributed by atoms with Crippen LogP contribution in [-0.4, -0.2) is 12.5 Å². The van der Waals surface area contributed by atoms with Crippen molar-refractivity contribution < 1.29 is 4.74 Å². The molecule has 0 bridgehead atoms. The Bertz CT molecular complexity index is 345. The molecule has 1 aromatic carbocycles. The summed E-state index contributed by atoms with van der Waals surface area (Å²) in [7, 11) is 0. The van der Waals surface area contributed by atoms with Crippen LogP contribution < -0.4 is 4.74 Å². The van der Waals surface area contributed by atoms with E-state index in [1.807, 2.05) is 0 Å². The first-order valence-corrected chi connectivity index (χ1v) is 5.13. The van der Waals surface area contributed by atoms with Gasteiger partial charge < -0.3 is 4.74 Å². The van der Waals surface area contributed by atoms with E-state index in [1.54, 1.807) is 18.2 Å². The molecule has 0 saturated carbocycles. The third kappa shape index (κ3) is 3.31. The predicted octanol–water partition coefficient (Wildman–Crippen LogP) is 3.61. The van der Waals surface area contributed by atoms with Gasteiger partial charge in [0.15, 0.2) is 5.75 Å². The molecule has 14 heavy (non-hydrogen) atoms. The van der Waals surface area contributed by atoms with E-state index in [4.69, 9.17) is 39.5 Å². The third-order valence-electron chi connectivity index (χ3n) is 1.40. The molecule has 0 aliphatic rings. The van der Waals surface area contributed by atoms with Crippen molar-refractivity contribution in [3.63, 3.8) is 0 Å². The highest BCUT2D eigenvalue weighted by Crippen LogP contribution is 2.31. The maximum absolute atomic E-state index is 5.86. The molecule has 1 nitrogen and oxygen atoms in total. The Balaban J connectivity index is 2.66. The van der Waals surface area contributed by atoms with Crippen molar-refractivity contribution in [2.75, 3.05) is 12.5 Å². The molecular weight excluding hydrogens is 242 g/mol. The van der Waals surface area contributed by atoms with Gasteiger partial charge in [-0.1, -0.05) is 41.1 Å². The zero-order valence-corrected chi connectivity index (χ0v) is 9.46. The molecule has 0 atom stereocenters. The lowest BCUT2D eigenvalue weighted by atomic mass is 10.3. The summed E-state index contributed by atoms with van der Waals surface area (Å²) in [6.07, 6.45) is 0. The minimum absolute atomic E-state index is 0.232. The molecule has 0 aliphatic carbocycles. The number of hydrogen-bond acceptors (Lipinski definition) is 1. The van der Waals surface area contributed by atoms with Gasteiger partial charge in [-0.05, 0) is 12.1 Å². The van der Waals surface area contributed by atoms with Crippen molar-refractivity contribution in [1.82, 2.24) is 0 Å². The third-order valence-corrected chi connectivity index (χ3v) is 2.13. The molecule has 0 aromatic heterocycles. The number of benzene rings is 1. The van der Waals surface area contributed by atoms with Gasteiger partial charge >= 0.3 is 0 Å². The molecule has 0 aliphatic heterocycles. The van der Waals surface area contributed by atoms with E-state index < -0.39 is 0 Å². The number of para-hydroxylation sites is 1. The van der Waals surface area contributed by atoms with Crippen LogP contribution in [0.5, 0.6) is 5.75 Å². The monoisotopic (exact) mass is 248 g/mol. The van der Waals surface area contributed by atoms with Crippen LogP contribution in [0.2, 0.25) is 10.0 Å². The second-order valence-corrected chi connectivity index (χ2v) is 3.41. The maximum Gasteiger partial charge on any atom is 0.157 e. The summed E-state index contributed by atoms with van der Waals surface area (Å²) in [6.45, 7) is 0.232. The minimum Gasteiger partial charge on any atom is -0.478 e. The molecule has 0 saturated heterocycles. The van der Waals surface area contributed by atoms with E-state index in [9.17, 15) is 0 Å². The van der Waals surface area contributed by atoms with E-state index >= 15 is 0 Å². The lowest BCUT2D eigenvalue weighted by molar-refractivity contribution is 0.370. The standard InChI is InChI=1S/C10H7Cl3O/c11-6-1-2-7-14-10-8(12)4-3-5-9(10)13/h3-5H,6-7H2. The highest BCUT2D eigenvalue weighted by atomic mass is 35.5. The van der Waals surface area contributed by atoms with Gasteiger partial charge in [0, 0.05) is 0 Å². The average molecular weight is 250 g/mol. The fourth-order valence-electron chi connectivity index (χ4n) is 0.827. The lowest BCUT2D eigenvalue weighted by Gasteiger charge is -2.05. The van der Waals surface area contributed by atoms with Crippen molar-refractivity contribution in [1.29, 1.82) is 0 Å². The average Bonchev–Trinajstić information content (AvgIpc) is 2.16. The molecule has 1 rings (SSSR count). The number of rotatable bonds is 2. The van der Waals surface area contributed by atoms with Gasteiger partial charge in [0.05, 0.1) is 15.9 Å². The van der Waals surface area contributed by atoms with Gasteiger partial charge in [0.2, 0.25) is 0 Å². The molecule has 0 fully saturated rings. The SMILES string of the molecule is ClCC#CCOc1c(Cl)cccc1Cl. The quantitative estimate of drug-likeness (QED) is 0.575. The molecule has 74 valence electrons. The second-order valence-electron chi connectivity index (χ2n) is 2.33. The van der Waals surface area contributed by atoms with Crippen LogP contribution in [0.1, 0.15) is 0 Å². The van der Waals surface area contributed by atoms with Gasteiger partial charge in [-0.3, -0.25) is 0 Å². The normalized spacial score (nSPS) is 9.07. The second kappa shape index (κ2) is 6.03. The van der Waals surface area contributed by atoms with Crippen LogP contribution in [0.15, 0.2) is 18.2 Å². The van der Waals surface area contributed by atoms with E-state index in [0.29, 0.717) is 21.7 Å². The highest BCUT2D eigenvalue weighted by Gasteiger charge is 2.04. The highest BCUT2D eigenvalue weighted by molar-refractivity contribution is 6.37. The number of ether oxygens (including phenoxy) is 1. The number of alkyl halides is 1. The van der Waals surface area contributed by atoms with Crippen LogP contribution in [0.3, 0.4) is 0 Å². The molecule has 1 aromatic rings. The summed E-state index contributed by atoms with van der Waals surface area (Å²) in [4.78, 5) is 0. The van der Waals surface area contributed by atoms with Gasteiger partial charge in [-0.15, -0.1) is 11.6 Å². The van der Waals surface area contributed by atoms with E-state index in [2.05, 4.69) is 11.8 Å². The Labute approximate surface area is 97.9 Å². The van der Waals surface area contributed by atoms with Crippen LogP contribution in [0.4, 0.5) is 0 Å². The van der Waals surface area contributed by atoms with E-state index in [1.165, 1.54) is 0 Å². The summed E-state index contributed by atoms with van der Waals surface area (Å²) in [5.41, 5.74) is 0. The molecule has 0 unspecified atom stereocenters.